The van der Waals surface area contributed by atoms with E-state index in [1.165, 1.54) is 19.1 Å². The second-order valence-electron chi connectivity index (χ2n) is 3.09. The van der Waals surface area contributed by atoms with Crippen molar-refractivity contribution in [2.24, 2.45) is 0 Å². The van der Waals surface area contributed by atoms with Gasteiger partial charge in [0.1, 0.15) is 5.60 Å². The van der Waals surface area contributed by atoms with Gasteiger partial charge < -0.3 is 5.11 Å². The quantitative estimate of drug-likeness (QED) is 0.888. The standard InChI is InChI=1S/C10H11BrF2O/c1-2-10(14,9(12)13)7-4-3-5-8(11)6-7/h3-6,9,14H,2H2,1H3. The summed E-state index contributed by atoms with van der Waals surface area (Å²) in [4.78, 5) is 0. The molecule has 0 fully saturated rings. The van der Waals surface area contributed by atoms with Crippen LogP contribution in [-0.4, -0.2) is 11.5 Å². The molecule has 1 aromatic rings. The Bertz CT molecular complexity index is 317. The number of alkyl halides is 2. The molecule has 1 unspecified atom stereocenters. The fourth-order valence-electron chi connectivity index (χ4n) is 1.24. The van der Waals surface area contributed by atoms with E-state index in [2.05, 4.69) is 15.9 Å². The summed E-state index contributed by atoms with van der Waals surface area (Å²) in [5.41, 5.74) is -1.80. The van der Waals surface area contributed by atoms with Crippen LogP contribution in [0.5, 0.6) is 0 Å². The molecule has 0 radical (unpaired) electrons. The van der Waals surface area contributed by atoms with Crippen LogP contribution in [0.15, 0.2) is 28.7 Å². The molecule has 0 bridgehead atoms. The minimum Gasteiger partial charge on any atom is -0.379 e. The summed E-state index contributed by atoms with van der Waals surface area (Å²) in [5.74, 6) is 0. The number of aliphatic hydroxyl groups is 1. The largest absolute Gasteiger partial charge is 0.379 e. The monoisotopic (exact) mass is 264 g/mol. The first-order valence-electron chi connectivity index (χ1n) is 4.27. The SMILES string of the molecule is CCC(O)(c1cccc(Br)c1)C(F)F. The molecule has 0 amide bonds. The third kappa shape index (κ3) is 2.12. The minimum atomic E-state index is -2.78. The molecule has 1 N–H and O–H groups in total. The molecule has 0 aliphatic heterocycles. The topological polar surface area (TPSA) is 20.2 Å². The van der Waals surface area contributed by atoms with E-state index in [1.54, 1.807) is 12.1 Å². The van der Waals surface area contributed by atoms with Crippen molar-refractivity contribution in [2.45, 2.75) is 25.4 Å². The van der Waals surface area contributed by atoms with Crippen LogP contribution < -0.4 is 0 Å². The van der Waals surface area contributed by atoms with Gasteiger partial charge >= 0.3 is 0 Å². The lowest BCUT2D eigenvalue weighted by Crippen LogP contribution is -2.33. The lowest BCUT2D eigenvalue weighted by atomic mass is 9.92. The maximum atomic E-state index is 12.6. The molecule has 4 heteroatoms. The zero-order chi connectivity index (χ0) is 10.8. The van der Waals surface area contributed by atoms with Crippen molar-refractivity contribution in [2.75, 3.05) is 0 Å². The Hall–Kier alpha value is -0.480. The summed E-state index contributed by atoms with van der Waals surface area (Å²) < 4.78 is 26.0. The number of hydrogen-bond donors (Lipinski definition) is 1. The van der Waals surface area contributed by atoms with Gasteiger partial charge in [-0.3, -0.25) is 0 Å². The van der Waals surface area contributed by atoms with Crippen molar-refractivity contribution in [1.29, 1.82) is 0 Å². The Morgan fingerprint density at radius 3 is 2.57 bits per heavy atom. The van der Waals surface area contributed by atoms with Crippen LogP contribution in [-0.2, 0) is 5.60 Å². The molecule has 0 aliphatic carbocycles. The summed E-state index contributed by atoms with van der Waals surface area (Å²) in [6.45, 7) is 1.53. The van der Waals surface area contributed by atoms with Crippen LogP contribution in [0, 0.1) is 0 Å². The number of halogens is 3. The molecule has 1 atom stereocenters. The van der Waals surface area contributed by atoms with Crippen LogP contribution in [0.1, 0.15) is 18.9 Å². The van der Waals surface area contributed by atoms with Crippen molar-refractivity contribution >= 4 is 15.9 Å². The molecular formula is C10H11BrF2O. The van der Waals surface area contributed by atoms with Crippen LogP contribution in [0.2, 0.25) is 0 Å². The average Bonchev–Trinajstić information content (AvgIpc) is 2.16. The predicted octanol–water partition coefficient (Wildman–Crippen LogP) is 3.31. The third-order valence-electron chi connectivity index (χ3n) is 2.22. The minimum absolute atomic E-state index is 0.0128. The number of benzene rings is 1. The second kappa shape index (κ2) is 4.36. The van der Waals surface area contributed by atoms with Crippen molar-refractivity contribution in [1.82, 2.24) is 0 Å². The molecule has 0 aliphatic rings. The van der Waals surface area contributed by atoms with Crippen molar-refractivity contribution in [3.8, 4) is 0 Å². The molecule has 0 spiro atoms. The van der Waals surface area contributed by atoms with Crippen LogP contribution in [0.4, 0.5) is 8.78 Å². The van der Waals surface area contributed by atoms with E-state index in [4.69, 9.17) is 0 Å². The van der Waals surface area contributed by atoms with Crippen LogP contribution in [0.25, 0.3) is 0 Å². The molecule has 78 valence electrons. The Balaban J connectivity index is 3.12. The zero-order valence-corrected chi connectivity index (χ0v) is 9.26. The lowest BCUT2D eigenvalue weighted by Gasteiger charge is -2.26. The van der Waals surface area contributed by atoms with Crippen molar-refractivity contribution in [3.63, 3.8) is 0 Å². The van der Waals surface area contributed by atoms with Crippen LogP contribution in [0.3, 0.4) is 0 Å². The Labute approximate surface area is 89.9 Å². The van der Waals surface area contributed by atoms with Crippen molar-refractivity contribution < 1.29 is 13.9 Å². The normalized spacial score (nSPS) is 15.6. The van der Waals surface area contributed by atoms with Gasteiger partial charge in [-0.2, -0.15) is 0 Å². The first-order valence-corrected chi connectivity index (χ1v) is 5.06. The molecule has 1 aromatic carbocycles. The summed E-state index contributed by atoms with van der Waals surface area (Å²) in [6, 6.07) is 6.36. The molecule has 14 heavy (non-hydrogen) atoms. The Morgan fingerprint density at radius 2 is 2.14 bits per heavy atom. The molecule has 1 nitrogen and oxygen atoms in total. The maximum Gasteiger partial charge on any atom is 0.270 e. The van der Waals surface area contributed by atoms with Gasteiger partial charge in [-0.25, -0.2) is 8.78 Å². The first-order chi connectivity index (χ1) is 6.50. The van der Waals surface area contributed by atoms with E-state index >= 15 is 0 Å². The Morgan fingerprint density at radius 1 is 1.50 bits per heavy atom. The average molecular weight is 265 g/mol. The predicted molar refractivity (Wildman–Crippen MR) is 54.3 cm³/mol. The van der Waals surface area contributed by atoms with E-state index in [1.807, 2.05) is 0 Å². The highest BCUT2D eigenvalue weighted by Crippen LogP contribution is 2.32. The molecule has 0 aromatic heterocycles. The Kier molecular flexibility index (Phi) is 3.61. The zero-order valence-electron chi connectivity index (χ0n) is 7.67. The van der Waals surface area contributed by atoms with Gasteiger partial charge in [0.25, 0.3) is 6.43 Å². The van der Waals surface area contributed by atoms with E-state index in [-0.39, 0.29) is 12.0 Å². The fourth-order valence-corrected chi connectivity index (χ4v) is 1.64. The van der Waals surface area contributed by atoms with E-state index in [0.29, 0.717) is 4.47 Å². The summed E-state index contributed by atoms with van der Waals surface area (Å²) >= 11 is 3.18. The van der Waals surface area contributed by atoms with Gasteiger partial charge in [0.15, 0.2) is 0 Å². The number of rotatable bonds is 3. The van der Waals surface area contributed by atoms with E-state index in [9.17, 15) is 13.9 Å². The first kappa shape index (κ1) is 11.6. The smallest absolute Gasteiger partial charge is 0.270 e. The van der Waals surface area contributed by atoms with Crippen LogP contribution >= 0.6 is 15.9 Å². The molecule has 0 saturated heterocycles. The highest BCUT2D eigenvalue weighted by molar-refractivity contribution is 9.10. The summed E-state index contributed by atoms with van der Waals surface area (Å²) in [7, 11) is 0. The molecular weight excluding hydrogens is 254 g/mol. The van der Waals surface area contributed by atoms with Gasteiger partial charge in [0, 0.05) is 4.47 Å². The van der Waals surface area contributed by atoms with Crippen molar-refractivity contribution in [3.05, 3.63) is 34.3 Å². The van der Waals surface area contributed by atoms with Gasteiger partial charge in [0.2, 0.25) is 0 Å². The highest BCUT2D eigenvalue weighted by atomic mass is 79.9. The molecule has 0 heterocycles. The highest BCUT2D eigenvalue weighted by Gasteiger charge is 2.37. The third-order valence-corrected chi connectivity index (χ3v) is 2.72. The molecule has 1 rings (SSSR count). The fraction of sp³-hybridized carbons (Fsp3) is 0.400. The van der Waals surface area contributed by atoms with Gasteiger partial charge in [-0.05, 0) is 24.1 Å². The lowest BCUT2D eigenvalue weighted by molar-refractivity contribution is -0.104. The van der Waals surface area contributed by atoms with Gasteiger partial charge in [0.05, 0.1) is 0 Å². The number of hydrogen-bond acceptors (Lipinski definition) is 1. The second-order valence-corrected chi connectivity index (χ2v) is 4.00. The summed E-state index contributed by atoms with van der Waals surface area (Å²) in [5, 5.41) is 9.72. The van der Waals surface area contributed by atoms with E-state index in [0.717, 1.165) is 0 Å². The maximum absolute atomic E-state index is 12.6. The molecule has 0 saturated carbocycles. The van der Waals surface area contributed by atoms with Gasteiger partial charge in [-0.1, -0.05) is 35.0 Å². The summed E-state index contributed by atoms with van der Waals surface area (Å²) in [6.07, 6.45) is -2.79. The van der Waals surface area contributed by atoms with Gasteiger partial charge in [-0.15, -0.1) is 0 Å². The van der Waals surface area contributed by atoms with E-state index < -0.39 is 12.0 Å².